The van der Waals surface area contributed by atoms with E-state index in [2.05, 4.69) is 38.1 Å². The van der Waals surface area contributed by atoms with E-state index in [4.69, 9.17) is 9.98 Å². The maximum atomic E-state index is 10.5. The van der Waals surface area contributed by atoms with Crippen molar-refractivity contribution in [1.29, 1.82) is 0 Å². The maximum Gasteiger partial charge on any atom is 0.127 e. The first-order chi connectivity index (χ1) is 15.4. The van der Waals surface area contributed by atoms with Crippen LogP contribution in [0.2, 0.25) is 0 Å². The Bertz CT molecular complexity index is 900. The average molecular weight is 435 g/mol. The van der Waals surface area contributed by atoms with Gasteiger partial charge in [0.15, 0.2) is 0 Å². The zero-order chi connectivity index (χ0) is 23.1. The Morgan fingerprint density at radius 1 is 0.781 bits per heavy atom. The number of hydrogen-bond donors (Lipinski definition) is 2. The van der Waals surface area contributed by atoms with Gasteiger partial charge in [-0.1, -0.05) is 38.8 Å². The van der Waals surface area contributed by atoms with Crippen molar-refractivity contribution in [3.63, 3.8) is 0 Å². The molecule has 172 valence electrons. The topological polar surface area (TPSA) is 65.2 Å². The highest BCUT2D eigenvalue weighted by atomic mass is 16.3. The Labute approximate surface area is 193 Å². The van der Waals surface area contributed by atoms with Crippen molar-refractivity contribution < 1.29 is 10.2 Å². The van der Waals surface area contributed by atoms with Gasteiger partial charge in [-0.05, 0) is 86.8 Å². The van der Waals surface area contributed by atoms with Crippen molar-refractivity contribution in [2.75, 3.05) is 0 Å². The fourth-order valence-electron chi connectivity index (χ4n) is 4.61. The molecule has 1 aliphatic rings. The fraction of sp³-hybridized carbons (Fsp3) is 0.500. The Morgan fingerprint density at radius 3 is 1.62 bits per heavy atom. The van der Waals surface area contributed by atoms with Crippen molar-refractivity contribution in [1.82, 2.24) is 0 Å². The zero-order valence-electron chi connectivity index (χ0n) is 20.1. The van der Waals surface area contributed by atoms with Crippen LogP contribution in [-0.2, 0) is 12.8 Å². The Hall–Kier alpha value is -2.62. The largest absolute Gasteiger partial charge is 0.507 e. The number of rotatable bonds is 8. The van der Waals surface area contributed by atoms with Crippen molar-refractivity contribution in [3.05, 3.63) is 57.6 Å². The molecule has 2 aromatic carbocycles. The number of hydrogen-bond acceptors (Lipinski definition) is 4. The quantitative estimate of drug-likeness (QED) is 0.468. The van der Waals surface area contributed by atoms with E-state index < -0.39 is 0 Å². The molecule has 2 N–H and O–H groups in total. The van der Waals surface area contributed by atoms with Crippen LogP contribution in [0, 0.1) is 13.8 Å². The van der Waals surface area contributed by atoms with Gasteiger partial charge in [-0.3, -0.25) is 9.98 Å². The van der Waals surface area contributed by atoms with Gasteiger partial charge in [0, 0.05) is 23.6 Å². The number of aliphatic imine (C=N–C) groups is 2. The lowest BCUT2D eigenvalue weighted by atomic mass is 9.91. The minimum atomic E-state index is 0.210. The van der Waals surface area contributed by atoms with Crippen molar-refractivity contribution in [2.24, 2.45) is 9.98 Å². The number of phenolic OH excluding ortho intramolecular Hbond substituents is 2. The molecule has 0 spiro atoms. The normalized spacial score (nSPS) is 19.2. The third-order valence-electron chi connectivity index (χ3n) is 6.32. The zero-order valence-corrected chi connectivity index (χ0v) is 20.1. The van der Waals surface area contributed by atoms with Crippen molar-refractivity contribution in [2.45, 2.75) is 91.1 Å². The number of benzene rings is 2. The van der Waals surface area contributed by atoms with Crippen molar-refractivity contribution in [3.8, 4) is 11.5 Å². The van der Waals surface area contributed by atoms with Gasteiger partial charge >= 0.3 is 0 Å². The molecule has 0 saturated heterocycles. The summed E-state index contributed by atoms with van der Waals surface area (Å²) >= 11 is 0. The minimum Gasteiger partial charge on any atom is -0.507 e. The lowest BCUT2D eigenvalue weighted by Gasteiger charge is -2.24. The molecule has 2 atom stereocenters. The van der Waals surface area contributed by atoms with E-state index in [0.29, 0.717) is 11.5 Å². The lowest BCUT2D eigenvalue weighted by molar-refractivity contribution is 0.397. The summed E-state index contributed by atoms with van der Waals surface area (Å²) < 4.78 is 0. The van der Waals surface area contributed by atoms with Crippen LogP contribution in [0.1, 0.15) is 85.8 Å². The summed E-state index contributed by atoms with van der Waals surface area (Å²) in [5.41, 5.74) is 5.93. The second-order valence-electron chi connectivity index (χ2n) is 9.23. The first kappa shape index (κ1) is 24.0. The summed E-state index contributed by atoms with van der Waals surface area (Å²) in [6.45, 7) is 8.23. The first-order valence-electron chi connectivity index (χ1n) is 12.1. The Morgan fingerprint density at radius 2 is 1.22 bits per heavy atom. The van der Waals surface area contributed by atoms with Gasteiger partial charge in [0.2, 0.25) is 0 Å². The van der Waals surface area contributed by atoms with Crippen LogP contribution in [0.3, 0.4) is 0 Å². The van der Waals surface area contributed by atoms with Crippen molar-refractivity contribution >= 4 is 12.4 Å². The Balaban J connectivity index is 1.70. The van der Waals surface area contributed by atoms with Crippen LogP contribution in [-0.4, -0.2) is 34.7 Å². The molecule has 0 heterocycles. The third-order valence-corrected chi connectivity index (χ3v) is 6.32. The predicted molar refractivity (Wildman–Crippen MR) is 135 cm³/mol. The molecule has 3 rings (SSSR count). The monoisotopic (exact) mass is 434 g/mol. The summed E-state index contributed by atoms with van der Waals surface area (Å²) in [4.78, 5) is 9.65. The van der Waals surface area contributed by atoms with E-state index in [-0.39, 0.29) is 12.1 Å². The van der Waals surface area contributed by atoms with E-state index in [9.17, 15) is 10.2 Å². The summed E-state index contributed by atoms with van der Waals surface area (Å²) in [6.07, 6.45) is 12.0. The summed E-state index contributed by atoms with van der Waals surface area (Å²) in [5.74, 6) is 0.661. The van der Waals surface area contributed by atoms with Crippen LogP contribution in [0.5, 0.6) is 11.5 Å². The standard InChI is InChI=1S/C28H38N2O2/c1-5-8-21-12-19(3)27(31)23(14-21)17-29-25-10-7-11-26(16-25)30-18-24-15-22(9-6-2)13-20(4)28(24)32/h12-15,17-18,25-26,31-32H,5-11,16H2,1-4H3. The smallest absolute Gasteiger partial charge is 0.127 e. The third kappa shape index (κ3) is 6.21. The highest BCUT2D eigenvalue weighted by Gasteiger charge is 2.20. The molecule has 0 radical (unpaired) electrons. The summed E-state index contributed by atoms with van der Waals surface area (Å²) in [5, 5.41) is 20.9. The molecule has 2 aromatic rings. The molecule has 2 unspecified atom stereocenters. The number of nitrogens with zero attached hydrogens (tertiary/aromatic N) is 2. The minimum absolute atomic E-state index is 0.210. The van der Waals surface area contributed by atoms with Gasteiger partial charge in [-0.2, -0.15) is 0 Å². The van der Waals surface area contributed by atoms with Crippen LogP contribution in [0.15, 0.2) is 34.3 Å². The predicted octanol–water partition coefficient (Wildman–Crippen LogP) is 6.47. The molecular weight excluding hydrogens is 396 g/mol. The molecule has 1 aliphatic carbocycles. The fourth-order valence-corrected chi connectivity index (χ4v) is 4.61. The highest BCUT2D eigenvalue weighted by molar-refractivity contribution is 5.85. The molecule has 1 fully saturated rings. The van der Waals surface area contributed by atoms with E-state index in [0.717, 1.165) is 73.6 Å². The highest BCUT2D eigenvalue weighted by Crippen LogP contribution is 2.28. The van der Waals surface area contributed by atoms with Crippen LogP contribution < -0.4 is 0 Å². The van der Waals surface area contributed by atoms with Gasteiger partial charge in [0.25, 0.3) is 0 Å². The van der Waals surface area contributed by atoms with E-state index in [1.54, 1.807) is 0 Å². The molecule has 1 saturated carbocycles. The van der Waals surface area contributed by atoms with Crippen LogP contribution >= 0.6 is 0 Å². The van der Waals surface area contributed by atoms with Gasteiger partial charge in [-0.15, -0.1) is 0 Å². The number of aromatic hydroxyl groups is 2. The SMILES string of the molecule is CCCc1cc(C)c(O)c(C=NC2CCCC(N=Cc3cc(CCC)cc(C)c3O)C2)c1. The number of phenols is 2. The molecule has 4 nitrogen and oxygen atoms in total. The molecule has 0 aromatic heterocycles. The molecule has 4 heteroatoms. The first-order valence-corrected chi connectivity index (χ1v) is 12.1. The van der Waals surface area contributed by atoms with Crippen LogP contribution in [0.25, 0.3) is 0 Å². The lowest BCUT2D eigenvalue weighted by Crippen LogP contribution is -2.21. The molecular formula is C28H38N2O2. The van der Waals surface area contributed by atoms with Crippen LogP contribution in [0.4, 0.5) is 0 Å². The second-order valence-corrected chi connectivity index (χ2v) is 9.23. The van der Waals surface area contributed by atoms with E-state index >= 15 is 0 Å². The molecule has 0 bridgehead atoms. The number of aryl methyl sites for hydroxylation is 4. The summed E-state index contributed by atoms with van der Waals surface area (Å²) in [7, 11) is 0. The van der Waals surface area contributed by atoms with E-state index in [1.807, 2.05) is 26.3 Å². The van der Waals surface area contributed by atoms with E-state index in [1.165, 1.54) is 11.1 Å². The van der Waals surface area contributed by atoms with Gasteiger partial charge in [0.05, 0.1) is 12.1 Å². The van der Waals surface area contributed by atoms with Gasteiger partial charge < -0.3 is 10.2 Å². The maximum absolute atomic E-state index is 10.5. The molecule has 0 aliphatic heterocycles. The summed E-state index contributed by atoms with van der Waals surface area (Å²) in [6, 6.07) is 8.66. The van der Waals surface area contributed by atoms with Gasteiger partial charge in [-0.25, -0.2) is 0 Å². The molecule has 0 amide bonds. The average Bonchev–Trinajstić information content (AvgIpc) is 2.77. The Kier molecular flexibility index (Phi) is 8.49. The second kappa shape index (κ2) is 11.3. The van der Waals surface area contributed by atoms with Gasteiger partial charge in [0.1, 0.15) is 11.5 Å². The molecule has 32 heavy (non-hydrogen) atoms.